The molecule has 0 spiro atoms. The lowest BCUT2D eigenvalue weighted by Gasteiger charge is -2.38. The third kappa shape index (κ3) is 4.80. The highest BCUT2D eigenvalue weighted by Gasteiger charge is 2.30. The molecule has 0 bridgehead atoms. The van der Waals surface area contributed by atoms with Gasteiger partial charge in [0.15, 0.2) is 0 Å². The molecule has 0 aromatic carbocycles. The molecule has 2 aliphatic heterocycles. The Morgan fingerprint density at radius 3 is 2.43 bits per heavy atom. The SMILES string of the molecule is CC(C)(C)C1CCN(C(=O)CCCCN2C(=O)C=CC2O)CC1. The van der Waals surface area contributed by atoms with Crippen molar-refractivity contribution in [2.45, 2.75) is 59.1 Å². The topological polar surface area (TPSA) is 60.9 Å². The molecule has 2 aliphatic rings. The van der Waals surface area contributed by atoms with Gasteiger partial charge in [-0.2, -0.15) is 0 Å². The van der Waals surface area contributed by atoms with Gasteiger partial charge in [-0.15, -0.1) is 0 Å². The molecule has 2 amide bonds. The Morgan fingerprint density at radius 1 is 1.26 bits per heavy atom. The smallest absolute Gasteiger partial charge is 0.248 e. The zero-order chi connectivity index (χ0) is 17.0. The quantitative estimate of drug-likeness (QED) is 0.789. The summed E-state index contributed by atoms with van der Waals surface area (Å²) in [6.07, 6.45) is 6.32. The van der Waals surface area contributed by atoms with Crippen molar-refractivity contribution in [2.75, 3.05) is 19.6 Å². The first-order valence-corrected chi connectivity index (χ1v) is 8.73. The second-order valence-corrected chi connectivity index (χ2v) is 7.78. The summed E-state index contributed by atoms with van der Waals surface area (Å²) in [6, 6.07) is 0. The van der Waals surface area contributed by atoms with Gasteiger partial charge in [-0.25, -0.2) is 0 Å². The number of aliphatic hydroxyl groups is 1. The third-order valence-corrected chi connectivity index (χ3v) is 5.13. The zero-order valence-corrected chi connectivity index (χ0v) is 14.6. The fourth-order valence-electron chi connectivity index (χ4n) is 3.45. The van der Waals surface area contributed by atoms with Crippen molar-refractivity contribution >= 4 is 11.8 Å². The largest absolute Gasteiger partial charge is 0.370 e. The van der Waals surface area contributed by atoms with Crippen molar-refractivity contribution in [3.8, 4) is 0 Å². The van der Waals surface area contributed by atoms with Gasteiger partial charge in [-0.3, -0.25) is 9.59 Å². The summed E-state index contributed by atoms with van der Waals surface area (Å²) >= 11 is 0. The Balaban J connectivity index is 1.63. The molecule has 1 saturated heterocycles. The lowest BCUT2D eigenvalue weighted by Crippen LogP contribution is -2.41. The lowest BCUT2D eigenvalue weighted by atomic mass is 9.75. The third-order valence-electron chi connectivity index (χ3n) is 5.13. The number of rotatable bonds is 5. The van der Waals surface area contributed by atoms with Gasteiger partial charge in [-0.1, -0.05) is 20.8 Å². The number of piperidine rings is 1. The zero-order valence-electron chi connectivity index (χ0n) is 14.6. The Hall–Kier alpha value is -1.36. The molecule has 23 heavy (non-hydrogen) atoms. The van der Waals surface area contributed by atoms with Crippen LogP contribution >= 0.6 is 0 Å². The standard InChI is InChI=1S/C18H30N2O3/c1-18(2,3)14-9-12-19(13-10-14)15(21)6-4-5-11-20-16(22)7-8-17(20)23/h7-8,14,16,22H,4-6,9-13H2,1-3H3. The molecule has 0 saturated carbocycles. The van der Waals surface area contributed by atoms with Crippen molar-refractivity contribution in [3.05, 3.63) is 12.2 Å². The minimum absolute atomic E-state index is 0.145. The van der Waals surface area contributed by atoms with E-state index in [1.807, 2.05) is 4.90 Å². The highest BCUT2D eigenvalue weighted by atomic mass is 16.3. The van der Waals surface area contributed by atoms with Crippen LogP contribution in [0.2, 0.25) is 0 Å². The number of likely N-dealkylation sites (tertiary alicyclic amines) is 1. The Labute approximate surface area is 139 Å². The fourth-order valence-corrected chi connectivity index (χ4v) is 3.45. The van der Waals surface area contributed by atoms with Crippen LogP contribution in [0, 0.1) is 11.3 Å². The average molecular weight is 322 g/mol. The Kier molecular flexibility index (Phi) is 5.84. The first-order chi connectivity index (χ1) is 10.8. The minimum Gasteiger partial charge on any atom is -0.370 e. The number of hydrogen-bond acceptors (Lipinski definition) is 3. The van der Waals surface area contributed by atoms with E-state index >= 15 is 0 Å². The Morgan fingerprint density at radius 2 is 1.91 bits per heavy atom. The molecule has 1 N–H and O–H groups in total. The molecule has 5 nitrogen and oxygen atoms in total. The van der Waals surface area contributed by atoms with Gasteiger partial charge in [0.2, 0.25) is 11.8 Å². The van der Waals surface area contributed by atoms with E-state index in [9.17, 15) is 14.7 Å². The van der Waals surface area contributed by atoms with Gasteiger partial charge in [0.05, 0.1) is 0 Å². The molecule has 130 valence electrons. The first-order valence-electron chi connectivity index (χ1n) is 8.73. The van der Waals surface area contributed by atoms with Crippen LogP contribution in [0.25, 0.3) is 0 Å². The van der Waals surface area contributed by atoms with Crippen molar-refractivity contribution in [1.29, 1.82) is 0 Å². The predicted molar refractivity (Wildman–Crippen MR) is 89.5 cm³/mol. The van der Waals surface area contributed by atoms with E-state index in [2.05, 4.69) is 20.8 Å². The highest BCUT2D eigenvalue weighted by molar-refractivity contribution is 5.90. The van der Waals surface area contributed by atoms with Crippen LogP contribution in [0.5, 0.6) is 0 Å². The van der Waals surface area contributed by atoms with E-state index in [0.29, 0.717) is 24.3 Å². The van der Waals surface area contributed by atoms with Gasteiger partial charge in [0, 0.05) is 32.1 Å². The molecule has 1 unspecified atom stereocenters. The molecule has 5 heteroatoms. The van der Waals surface area contributed by atoms with Gasteiger partial charge in [0.25, 0.3) is 0 Å². The maximum absolute atomic E-state index is 12.3. The second kappa shape index (κ2) is 7.47. The molecule has 0 radical (unpaired) electrons. The molecular weight excluding hydrogens is 292 g/mol. The van der Waals surface area contributed by atoms with Gasteiger partial charge < -0.3 is 14.9 Å². The molecule has 0 aromatic rings. The summed E-state index contributed by atoms with van der Waals surface area (Å²) in [7, 11) is 0. The minimum atomic E-state index is -0.797. The van der Waals surface area contributed by atoms with Crippen LogP contribution in [0.3, 0.4) is 0 Å². The van der Waals surface area contributed by atoms with Crippen LogP contribution in [-0.2, 0) is 9.59 Å². The van der Waals surface area contributed by atoms with Crippen molar-refractivity contribution < 1.29 is 14.7 Å². The van der Waals surface area contributed by atoms with E-state index in [-0.39, 0.29) is 11.8 Å². The maximum Gasteiger partial charge on any atom is 0.248 e. The summed E-state index contributed by atoms with van der Waals surface area (Å²) < 4.78 is 0. The van der Waals surface area contributed by atoms with E-state index in [4.69, 9.17) is 0 Å². The molecular formula is C18H30N2O3. The van der Waals surface area contributed by atoms with Gasteiger partial charge >= 0.3 is 0 Å². The van der Waals surface area contributed by atoms with Gasteiger partial charge in [-0.05, 0) is 43.1 Å². The number of nitrogens with zero attached hydrogens (tertiary/aromatic N) is 2. The molecule has 2 rings (SSSR count). The van der Waals surface area contributed by atoms with E-state index in [1.54, 1.807) is 0 Å². The van der Waals surface area contributed by atoms with Crippen molar-refractivity contribution in [2.24, 2.45) is 11.3 Å². The normalized spacial score (nSPS) is 23.0. The molecule has 1 fully saturated rings. The van der Waals surface area contributed by atoms with Crippen LogP contribution in [-0.4, -0.2) is 52.6 Å². The second-order valence-electron chi connectivity index (χ2n) is 7.78. The van der Waals surface area contributed by atoms with E-state index in [0.717, 1.165) is 38.8 Å². The van der Waals surface area contributed by atoms with Crippen LogP contribution in [0.1, 0.15) is 52.9 Å². The summed E-state index contributed by atoms with van der Waals surface area (Å²) in [5, 5.41) is 9.61. The van der Waals surface area contributed by atoms with Crippen molar-refractivity contribution in [1.82, 2.24) is 9.80 Å². The number of amides is 2. The highest BCUT2D eigenvalue weighted by Crippen LogP contribution is 2.34. The summed E-state index contributed by atoms with van der Waals surface area (Å²) in [5.41, 5.74) is 0.326. The summed E-state index contributed by atoms with van der Waals surface area (Å²) in [5.74, 6) is 0.776. The average Bonchev–Trinajstić information content (AvgIpc) is 2.82. The van der Waals surface area contributed by atoms with Crippen LogP contribution in [0.4, 0.5) is 0 Å². The van der Waals surface area contributed by atoms with E-state index < -0.39 is 6.23 Å². The first kappa shape index (κ1) is 18.0. The summed E-state index contributed by atoms with van der Waals surface area (Å²) in [4.78, 5) is 27.2. The molecule has 2 heterocycles. The van der Waals surface area contributed by atoms with E-state index in [1.165, 1.54) is 17.1 Å². The number of carbonyl (C=O) groups is 2. The van der Waals surface area contributed by atoms with Crippen LogP contribution < -0.4 is 0 Å². The lowest BCUT2D eigenvalue weighted by molar-refractivity contribution is -0.133. The number of hydrogen-bond donors (Lipinski definition) is 1. The number of aliphatic hydroxyl groups excluding tert-OH is 1. The number of carbonyl (C=O) groups excluding carboxylic acids is 2. The fraction of sp³-hybridized carbons (Fsp3) is 0.778. The summed E-state index contributed by atoms with van der Waals surface area (Å²) in [6.45, 7) is 9.07. The van der Waals surface area contributed by atoms with Crippen LogP contribution in [0.15, 0.2) is 12.2 Å². The number of unbranched alkanes of at least 4 members (excludes halogenated alkanes) is 1. The molecule has 0 aromatic heterocycles. The van der Waals surface area contributed by atoms with Crippen molar-refractivity contribution in [3.63, 3.8) is 0 Å². The monoisotopic (exact) mass is 322 g/mol. The van der Waals surface area contributed by atoms with Gasteiger partial charge in [0.1, 0.15) is 6.23 Å². The molecule has 1 atom stereocenters. The Bertz CT molecular complexity index is 459. The molecule has 0 aliphatic carbocycles. The maximum atomic E-state index is 12.3. The predicted octanol–water partition coefficient (Wildman–Crippen LogP) is 2.16.